The van der Waals surface area contributed by atoms with E-state index in [4.69, 9.17) is 18.9 Å². The van der Waals surface area contributed by atoms with E-state index in [-0.39, 0.29) is 18.9 Å². The minimum atomic E-state index is -0.360. The summed E-state index contributed by atoms with van der Waals surface area (Å²) in [5.41, 5.74) is 0.372. The van der Waals surface area contributed by atoms with Gasteiger partial charge in [-0.05, 0) is 32.6 Å². The van der Waals surface area contributed by atoms with E-state index in [0.717, 1.165) is 38.5 Å². The molecule has 23 heavy (non-hydrogen) atoms. The van der Waals surface area contributed by atoms with Crippen LogP contribution in [0.1, 0.15) is 59.3 Å². The highest BCUT2D eigenvalue weighted by Crippen LogP contribution is 2.06. The highest BCUT2D eigenvalue weighted by Gasteiger charge is 2.09. The molecular formula is C18H34O5. The monoisotopic (exact) mass is 330 g/mol. The van der Waals surface area contributed by atoms with Crippen molar-refractivity contribution in [2.45, 2.75) is 65.6 Å². The highest BCUT2D eigenvalue weighted by molar-refractivity contribution is 5.87. The number of hydrogen-bond donors (Lipinski definition) is 0. The zero-order valence-electron chi connectivity index (χ0n) is 15.1. The van der Waals surface area contributed by atoms with E-state index in [9.17, 15) is 4.79 Å². The molecule has 0 aliphatic heterocycles. The van der Waals surface area contributed by atoms with Crippen LogP contribution >= 0.6 is 0 Å². The molecule has 0 heterocycles. The largest absolute Gasteiger partial charge is 0.462 e. The summed E-state index contributed by atoms with van der Waals surface area (Å²) in [5.74, 6) is -0.360. The first-order chi connectivity index (χ1) is 11.2. The van der Waals surface area contributed by atoms with Crippen molar-refractivity contribution in [3.05, 3.63) is 12.2 Å². The van der Waals surface area contributed by atoms with Gasteiger partial charge < -0.3 is 18.9 Å². The van der Waals surface area contributed by atoms with Crippen LogP contribution in [0, 0.1) is 0 Å². The average molecular weight is 330 g/mol. The van der Waals surface area contributed by atoms with Crippen molar-refractivity contribution < 1.29 is 23.7 Å². The zero-order chi connectivity index (χ0) is 17.3. The first-order valence-electron chi connectivity index (χ1n) is 8.81. The molecule has 0 fully saturated rings. The van der Waals surface area contributed by atoms with Crippen LogP contribution in [0.25, 0.3) is 0 Å². The fraction of sp³-hybridized carbons (Fsp3) is 0.833. The third-order valence-corrected chi connectivity index (χ3v) is 3.16. The van der Waals surface area contributed by atoms with Gasteiger partial charge in [0, 0.05) is 19.8 Å². The maximum Gasteiger partial charge on any atom is 0.335 e. The Kier molecular flexibility index (Phi) is 15.3. The van der Waals surface area contributed by atoms with E-state index in [1.54, 1.807) is 0 Å². The summed E-state index contributed by atoms with van der Waals surface area (Å²) in [4.78, 5) is 11.5. The number of ether oxygens (including phenoxy) is 4. The van der Waals surface area contributed by atoms with Crippen LogP contribution in [0.2, 0.25) is 0 Å². The zero-order valence-corrected chi connectivity index (χ0v) is 15.1. The average Bonchev–Trinajstić information content (AvgIpc) is 2.54. The number of carbonyl (C=O) groups excluding carboxylic acids is 1. The maximum atomic E-state index is 11.5. The van der Waals surface area contributed by atoms with E-state index >= 15 is 0 Å². The second-order valence-electron chi connectivity index (χ2n) is 5.40. The lowest BCUT2D eigenvalue weighted by Gasteiger charge is -2.16. The molecule has 0 aliphatic rings. The van der Waals surface area contributed by atoms with Gasteiger partial charge in [-0.2, -0.15) is 0 Å². The lowest BCUT2D eigenvalue weighted by molar-refractivity contribution is -0.144. The molecule has 5 heteroatoms. The maximum absolute atomic E-state index is 11.5. The van der Waals surface area contributed by atoms with Gasteiger partial charge >= 0.3 is 5.97 Å². The summed E-state index contributed by atoms with van der Waals surface area (Å²) in [6.45, 7) is 12.4. The first-order valence-corrected chi connectivity index (χ1v) is 8.81. The number of esters is 1. The van der Waals surface area contributed by atoms with Gasteiger partial charge in [0.1, 0.15) is 0 Å². The Hall–Kier alpha value is -0.910. The molecule has 0 saturated carbocycles. The molecule has 0 bridgehead atoms. The number of unbranched alkanes of at least 4 members (excludes halogenated alkanes) is 2. The lowest BCUT2D eigenvalue weighted by atomic mass is 10.3. The van der Waals surface area contributed by atoms with Gasteiger partial charge in [0.05, 0.1) is 18.8 Å². The smallest absolute Gasteiger partial charge is 0.335 e. The van der Waals surface area contributed by atoms with E-state index in [0.29, 0.717) is 32.0 Å². The molecule has 0 spiro atoms. The Labute approximate surface area is 141 Å². The molecule has 5 nitrogen and oxygen atoms in total. The van der Waals surface area contributed by atoms with Crippen molar-refractivity contribution in [2.24, 2.45) is 0 Å². The summed E-state index contributed by atoms with van der Waals surface area (Å²) in [6.07, 6.45) is 5.53. The molecule has 1 atom stereocenters. The predicted molar refractivity (Wildman–Crippen MR) is 91.3 cm³/mol. The normalized spacial score (nSPS) is 12.1. The van der Waals surface area contributed by atoms with Crippen LogP contribution in [-0.4, -0.2) is 45.3 Å². The molecule has 0 amide bonds. The number of carbonyl (C=O) groups is 1. The molecule has 0 saturated heterocycles. The van der Waals surface area contributed by atoms with Crippen molar-refractivity contribution in [1.29, 1.82) is 0 Å². The molecule has 0 N–H and O–H groups in total. The standard InChI is InChI=1S/C18H34O5/c1-5-8-13-23-18(19)16(4)15-20-12-9-10-14-22-17(11-6-2)21-7-3/h17H,4-15H2,1-3H3. The minimum absolute atomic E-state index is 0.0939. The van der Waals surface area contributed by atoms with Gasteiger partial charge in [0.2, 0.25) is 0 Å². The SMILES string of the molecule is C=C(COCCCCOC(CCC)OCC)C(=O)OCCCC. The molecule has 136 valence electrons. The molecule has 0 aromatic heterocycles. The summed E-state index contributed by atoms with van der Waals surface area (Å²) in [6, 6.07) is 0. The van der Waals surface area contributed by atoms with Crippen LogP contribution in [0.15, 0.2) is 12.2 Å². The molecule has 0 aliphatic carbocycles. The third-order valence-electron chi connectivity index (χ3n) is 3.16. The van der Waals surface area contributed by atoms with E-state index in [2.05, 4.69) is 13.5 Å². The summed E-state index contributed by atoms with van der Waals surface area (Å²) in [7, 11) is 0. The van der Waals surface area contributed by atoms with Crippen molar-refractivity contribution in [1.82, 2.24) is 0 Å². The van der Waals surface area contributed by atoms with Crippen molar-refractivity contribution >= 4 is 5.97 Å². The Morgan fingerprint density at radius 2 is 1.70 bits per heavy atom. The van der Waals surface area contributed by atoms with E-state index < -0.39 is 0 Å². The predicted octanol–water partition coefficient (Wildman–Crippen LogP) is 3.86. The lowest BCUT2D eigenvalue weighted by Crippen LogP contribution is -2.18. The summed E-state index contributed by atoms with van der Waals surface area (Å²) >= 11 is 0. The molecule has 0 radical (unpaired) electrons. The molecular weight excluding hydrogens is 296 g/mol. The van der Waals surface area contributed by atoms with Crippen LogP contribution in [0.4, 0.5) is 0 Å². The molecule has 1 unspecified atom stereocenters. The van der Waals surface area contributed by atoms with Gasteiger partial charge in [-0.1, -0.05) is 33.3 Å². The van der Waals surface area contributed by atoms with Crippen LogP contribution in [0.3, 0.4) is 0 Å². The molecule has 0 aromatic rings. The topological polar surface area (TPSA) is 54.0 Å². The fourth-order valence-electron chi connectivity index (χ4n) is 1.82. The van der Waals surface area contributed by atoms with Gasteiger partial charge in [-0.25, -0.2) is 4.79 Å². The van der Waals surface area contributed by atoms with Crippen molar-refractivity contribution in [3.63, 3.8) is 0 Å². The van der Waals surface area contributed by atoms with Crippen LogP contribution in [0.5, 0.6) is 0 Å². The first kappa shape index (κ1) is 22.1. The summed E-state index contributed by atoms with van der Waals surface area (Å²) in [5, 5.41) is 0. The third kappa shape index (κ3) is 13.2. The van der Waals surface area contributed by atoms with Crippen molar-refractivity contribution in [2.75, 3.05) is 33.0 Å². The quantitative estimate of drug-likeness (QED) is 0.186. The minimum Gasteiger partial charge on any atom is -0.462 e. The van der Waals surface area contributed by atoms with Gasteiger partial charge in [-0.3, -0.25) is 0 Å². The number of hydrogen-bond acceptors (Lipinski definition) is 5. The summed E-state index contributed by atoms with van der Waals surface area (Å²) < 4.78 is 21.7. The molecule has 0 rings (SSSR count). The Morgan fingerprint density at radius 3 is 2.35 bits per heavy atom. The van der Waals surface area contributed by atoms with Gasteiger partial charge in [0.25, 0.3) is 0 Å². The highest BCUT2D eigenvalue weighted by atomic mass is 16.7. The second-order valence-corrected chi connectivity index (χ2v) is 5.40. The van der Waals surface area contributed by atoms with Crippen LogP contribution in [-0.2, 0) is 23.7 Å². The van der Waals surface area contributed by atoms with Crippen LogP contribution < -0.4 is 0 Å². The van der Waals surface area contributed by atoms with Gasteiger partial charge in [0.15, 0.2) is 6.29 Å². The second kappa shape index (κ2) is 16.0. The fourth-order valence-corrected chi connectivity index (χ4v) is 1.82. The van der Waals surface area contributed by atoms with Gasteiger partial charge in [-0.15, -0.1) is 0 Å². The molecule has 0 aromatic carbocycles. The van der Waals surface area contributed by atoms with E-state index in [1.165, 1.54) is 0 Å². The van der Waals surface area contributed by atoms with Crippen molar-refractivity contribution in [3.8, 4) is 0 Å². The Morgan fingerprint density at radius 1 is 0.957 bits per heavy atom. The number of rotatable bonds is 16. The Bertz CT molecular complexity index is 298. The Balaban J connectivity index is 3.53. The van der Waals surface area contributed by atoms with E-state index in [1.807, 2.05) is 13.8 Å².